The zero-order valence-electron chi connectivity index (χ0n) is 5.73. The van der Waals surface area contributed by atoms with Crippen LogP contribution in [0, 0.1) is 0 Å². The Balaban J connectivity index is 2.66. The van der Waals surface area contributed by atoms with E-state index in [1.165, 1.54) is 3.07 Å². The first kappa shape index (κ1) is 10.1. The minimum absolute atomic E-state index is 0.957. The van der Waals surface area contributed by atoms with Crippen LogP contribution in [0.15, 0.2) is 30.3 Å². The molecule has 0 saturated heterocycles. The van der Waals surface area contributed by atoms with E-state index in [4.69, 9.17) is 34.8 Å². The van der Waals surface area contributed by atoms with Crippen molar-refractivity contribution in [1.29, 1.82) is 0 Å². The molecule has 1 aromatic rings. The van der Waals surface area contributed by atoms with E-state index in [1.807, 2.05) is 30.3 Å². The number of hydrogen-bond donors (Lipinski definition) is 0. The van der Waals surface area contributed by atoms with Crippen LogP contribution >= 0.6 is 34.8 Å². The third-order valence-electron chi connectivity index (χ3n) is 1.25. The van der Waals surface area contributed by atoms with Gasteiger partial charge in [0.1, 0.15) is 0 Å². The van der Waals surface area contributed by atoms with E-state index >= 15 is 0 Å². The Bertz CT molecular complexity index is 217. The second-order valence-corrected chi connectivity index (χ2v) is 18.7. The van der Waals surface area contributed by atoms with Crippen LogP contribution in [0.1, 0.15) is 0 Å². The first-order valence-electron chi connectivity index (χ1n) is 3.18. The van der Waals surface area contributed by atoms with Gasteiger partial charge in [-0.1, -0.05) is 0 Å². The summed E-state index contributed by atoms with van der Waals surface area (Å²) in [4.78, 5) is 0. The summed E-state index contributed by atoms with van der Waals surface area (Å²) in [6.45, 7) is 0. The van der Waals surface area contributed by atoms with Gasteiger partial charge >= 0.3 is 94.1 Å². The van der Waals surface area contributed by atoms with Crippen LogP contribution in [0.3, 0.4) is 0 Å². The van der Waals surface area contributed by atoms with Crippen LogP contribution in [0.4, 0.5) is 0 Å². The zero-order chi connectivity index (χ0) is 8.32. The molecule has 1 rings (SSSR count). The molecule has 0 aromatic heterocycles. The molecular formula is C7H5Cl3Hg. The maximum atomic E-state index is 5.70. The van der Waals surface area contributed by atoms with E-state index in [1.54, 1.807) is 0 Å². The summed E-state index contributed by atoms with van der Waals surface area (Å²) in [5.74, 6) is 0. The van der Waals surface area contributed by atoms with Crippen LogP contribution < -0.4 is 3.07 Å². The molecule has 4 heteroatoms. The molecule has 0 spiro atoms. The Morgan fingerprint density at radius 2 is 1.55 bits per heavy atom. The number of hydrogen-bond acceptors (Lipinski definition) is 0. The van der Waals surface area contributed by atoms with Gasteiger partial charge in [0.25, 0.3) is 0 Å². The summed E-state index contributed by atoms with van der Waals surface area (Å²) in [6, 6.07) is 9.99. The number of rotatable bonds is 1. The normalized spacial score (nSPS) is 10.8. The summed E-state index contributed by atoms with van der Waals surface area (Å²) < 4.78 is 0.300. The average Bonchev–Trinajstić information content (AvgIpc) is 1.85. The van der Waals surface area contributed by atoms with Crippen molar-refractivity contribution in [2.45, 2.75) is 1.30 Å². The Hall–Kier alpha value is 1.03. The van der Waals surface area contributed by atoms with Gasteiger partial charge in [-0.05, 0) is 0 Å². The van der Waals surface area contributed by atoms with Crippen molar-refractivity contribution >= 4 is 37.9 Å². The van der Waals surface area contributed by atoms with Crippen molar-refractivity contribution in [3.05, 3.63) is 30.3 Å². The van der Waals surface area contributed by atoms with E-state index in [0.29, 0.717) is 0 Å². The Labute approximate surface area is 93.3 Å². The summed E-state index contributed by atoms with van der Waals surface area (Å²) in [6.07, 6.45) is 0. The molecule has 0 N–H and O–H groups in total. The number of alkyl halides is 3. The summed E-state index contributed by atoms with van der Waals surface area (Å²) in [7, 11) is 0. The first-order valence-corrected chi connectivity index (χ1v) is 9.82. The Kier molecular flexibility index (Phi) is 3.96. The fourth-order valence-electron chi connectivity index (χ4n) is 0.827. The second-order valence-electron chi connectivity index (χ2n) is 2.28. The molecule has 0 aliphatic carbocycles. The predicted molar refractivity (Wildman–Crippen MR) is 46.4 cm³/mol. The molecule has 0 unspecified atom stereocenters. The molecule has 0 fully saturated rings. The molecule has 0 aliphatic rings. The van der Waals surface area contributed by atoms with E-state index < -0.39 is 25.9 Å². The molecule has 0 bridgehead atoms. The van der Waals surface area contributed by atoms with Crippen LogP contribution in [0.5, 0.6) is 0 Å². The molecule has 0 heterocycles. The Morgan fingerprint density at radius 1 is 1.00 bits per heavy atom. The van der Waals surface area contributed by atoms with Crippen LogP contribution in [-0.4, -0.2) is 1.30 Å². The van der Waals surface area contributed by atoms with Crippen LogP contribution in [0.2, 0.25) is 0 Å². The van der Waals surface area contributed by atoms with Gasteiger partial charge in [-0.3, -0.25) is 0 Å². The molecule has 0 saturated carbocycles. The fourth-order valence-corrected chi connectivity index (χ4v) is 8.66. The summed E-state index contributed by atoms with van der Waals surface area (Å²) >= 11 is 15.6. The summed E-state index contributed by atoms with van der Waals surface area (Å²) in [5, 5.41) is 0. The SMILES string of the molecule is Cl[C](Cl)(Cl)[Hg][c]1ccccc1. The van der Waals surface area contributed by atoms with Gasteiger partial charge in [-0.15, -0.1) is 0 Å². The van der Waals surface area contributed by atoms with Crippen LogP contribution in [-0.2, 0) is 24.6 Å². The van der Waals surface area contributed by atoms with Crippen molar-refractivity contribution < 1.29 is 24.6 Å². The van der Waals surface area contributed by atoms with E-state index in [-0.39, 0.29) is 0 Å². The summed E-state index contributed by atoms with van der Waals surface area (Å²) in [5.41, 5.74) is 0. The Morgan fingerprint density at radius 3 is 2.00 bits per heavy atom. The number of benzene rings is 1. The van der Waals surface area contributed by atoms with E-state index in [0.717, 1.165) is 0 Å². The van der Waals surface area contributed by atoms with Gasteiger partial charge < -0.3 is 0 Å². The van der Waals surface area contributed by atoms with Gasteiger partial charge in [0.05, 0.1) is 0 Å². The standard InChI is InChI=1S/C6H5.CCl3.Hg/c1-2-4-6-5-3-1;2-1(3)4;/h1-5H;;. The molecule has 0 atom stereocenters. The average molecular weight is 396 g/mol. The van der Waals surface area contributed by atoms with Crippen molar-refractivity contribution in [2.75, 3.05) is 0 Å². The molecular weight excluding hydrogens is 391 g/mol. The van der Waals surface area contributed by atoms with Crippen molar-refractivity contribution in [1.82, 2.24) is 0 Å². The van der Waals surface area contributed by atoms with E-state index in [9.17, 15) is 0 Å². The quantitative estimate of drug-likeness (QED) is 0.506. The van der Waals surface area contributed by atoms with Crippen molar-refractivity contribution in [3.8, 4) is 0 Å². The second kappa shape index (κ2) is 4.31. The molecule has 56 valence electrons. The molecule has 0 nitrogen and oxygen atoms in total. The van der Waals surface area contributed by atoms with Crippen molar-refractivity contribution in [3.63, 3.8) is 0 Å². The molecule has 0 radical (unpaired) electrons. The molecule has 1 aromatic carbocycles. The maximum absolute atomic E-state index is 5.70. The number of halogens is 3. The first-order chi connectivity index (χ1) is 5.08. The van der Waals surface area contributed by atoms with Gasteiger partial charge in [0.15, 0.2) is 0 Å². The van der Waals surface area contributed by atoms with Gasteiger partial charge in [-0.2, -0.15) is 0 Å². The fraction of sp³-hybridized carbons (Fsp3) is 0.143. The van der Waals surface area contributed by atoms with E-state index in [2.05, 4.69) is 0 Å². The molecule has 0 aliphatic heterocycles. The van der Waals surface area contributed by atoms with Crippen LogP contribution in [0.25, 0.3) is 0 Å². The van der Waals surface area contributed by atoms with Gasteiger partial charge in [0, 0.05) is 0 Å². The molecule has 0 amide bonds. The molecule has 11 heavy (non-hydrogen) atoms. The minimum atomic E-state index is -1.52. The topological polar surface area (TPSA) is 0 Å². The van der Waals surface area contributed by atoms with Gasteiger partial charge in [-0.25, -0.2) is 0 Å². The van der Waals surface area contributed by atoms with Gasteiger partial charge in [0.2, 0.25) is 0 Å². The predicted octanol–water partition coefficient (Wildman–Crippen LogP) is 2.72. The monoisotopic (exact) mass is 396 g/mol. The third kappa shape index (κ3) is 4.57. The van der Waals surface area contributed by atoms with Crippen molar-refractivity contribution in [2.24, 2.45) is 0 Å². The zero-order valence-corrected chi connectivity index (χ0v) is 13.5. The third-order valence-corrected chi connectivity index (χ3v) is 9.74.